The standard InChI is InChI=1S/C24H27N3O4/c1-3-30-24(29)12-14-27(17-19-5-4-13-25-15-19)23(28)11-10-22-26-16-21(31-22)20-8-6-18(2)7-9-20/h4-9,13,15-16H,3,10-12,14,17H2,1-2H3. The molecule has 0 spiro atoms. The Morgan fingerprint density at radius 1 is 1.10 bits per heavy atom. The highest BCUT2D eigenvalue weighted by Gasteiger charge is 2.17. The van der Waals surface area contributed by atoms with Gasteiger partial charge in [-0.1, -0.05) is 35.9 Å². The van der Waals surface area contributed by atoms with Crippen molar-refractivity contribution in [1.82, 2.24) is 14.9 Å². The van der Waals surface area contributed by atoms with E-state index in [1.807, 2.05) is 43.3 Å². The molecule has 3 rings (SSSR count). The van der Waals surface area contributed by atoms with Crippen LogP contribution in [0.2, 0.25) is 0 Å². The molecule has 2 aromatic heterocycles. The van der Waals surface area contributed by atoms with Gasteiger partial charge in [0.1, 0.15) is 0 Å². The minimum atomic E-state index is -0.318. The largest absolute Gasteiger partial charge is 0.466 e. The van der Waals surface area contributed by atoms with Crippen LogP contribution in [0.25, 0.3) is 11.3 Å². The fourth-order valence-electron chi connectivity index (χ4n) is 3.11. The highest BCUT2D eigenvalue weighted by atomic mass is 16.5. The second-order valence-electron chi connectivity index (χ2n) is 7.22. The van der Waals surface area contributed by atoms with Gasteiger partial charge in [-0.2, -0.15) is 0 Å². The summed E-state index contributed by atoms with van der Waals surface area (Å²) in [5.41, 5.74) is 3.02. The van der Waals surface area contributed by atoms with Crippen molar-refractivity contribution in [3.63, 3.8) is 0 Å². The van der Waals surface area contributed by atoms with Crippen LogP contribution in [-0.2, 0) is 27.3 Å². The molecule has 0 saturated heterocycles. The third-order valence-electron chi connectivity index (χ3n) is 4.78. The van der Waals surface area contributed by atoms with Crippen LogP contribution in [0, 0.1) is 6.92 Å². The summed E-state index contributed by atoms with van der Waals surface area (Å²) in [6.45, 7) is 4.78. The first-order chi connectivity index (χ1) is 15.0. The van der Waals surface area contributed by atoms with Crippen molar-refractivity contribution in [1.29, 1.82) is 0 Å². The van der Waals surface area contributed by atoms with Crippen LogP contribution in [0.3, 0.4) is 0 Å². The maximum atomic E-state index is 12.9. The summed E-state index contributed by atoms with van der Waals surface area (Å²) >= 11 is 0. The molecule has 7 nitrogen and oxygen atoms in total. The zero-order chi connectivity index (χ0) is 22.1. The van der Waals surface area contributed by atoms with Crippen LogP contribution in [0.15, 0.2) is 59.4 Å². The lowest BCUT2D eigenvalue weighted by atomic mass is 10.1. The van der Waals surface area contributed by atoms with Crippen LogP contribution in [0.4, 0.5) is 0 Å². The number of benzene rings is 1. The van der Waals surface area contributed by atoms with Gasteiger partial charge in [0.25, 0.3) is 0 Å². The molecule has 3 aromatic rings. The van der Waals surface area contributed by atoms with E-state index >= 15 is 0 Å². The summed E-state index contributed by atoms with van der Waals surface area (Å²) in [5, 5.41) is 0. The van der Waals surface area contributed by atoms with Gasteiger partial charge < -0.3 is 14.1 Å². The Kier molecular flexibility index (Phi) is 7.92. The average molecular weight is 421 g/mol. The summed E-state index contributed by atoms with van der Waals surface area (Å²) < 4.78 is 10.8. The van der Waals surface area contributed by atoms with E-state index in [9.17, 15) is 9.59 Å². The van der Waals surface area contributed by atoms with Crippen molar-refractivity contribution >= 4 is 11.9 Å². The van der Waals surface area contributed by atoms with Gasteiger partial charge in [0, 0.05) is 43.9 Å². The number of oxazole rings is 1. The first kappa shape index (κ1) is 22.2. The number of hydrogen-bond acceptors (Lipinski definition) is 6. The molecular formula is C24H27N3O4. The molecule has 0 fully saturated rings. The highest BCUT2D eigenvalue weighted by molar-refractivity contribution is 5.77. The molecule has 0 atom stereocenters. The molecule has 0 bridgehead atoms. The van der Waals surface area contributed by atoms with Gasteiger partial charge in [-0.25, -0.2) is 4.98 Å². The number of carbonyl (C=O) groups excluding carboxylic acids is 2. The predicted octanol–water partition coefficient (Wildman–Crippen LogP) is 3.96. The normalized spacial score (nSPS) is 10.6. The van der Waals surface area contributed by atoms with Crippen LogP contribution in [0.1, 0.15) is 36.8 Å². The van der Waals surface area contributed by atoms with Crippen LogP contribution in [-0.4, -0.2) is 39.9 Å². The lowest BCUT2D eigenvalue weighted by molar-refractivity contribution is -0.144. The van der Waals surface area contributed by atoms with Gasteiger partial charge >= 0.3 is 5.97 Å². The smallest absolute Gasteiger partial charge is 0.307 e. The number of aryl methyl sites for hydroxylation is 2. The number of carbonyl (C=O) groups is 2. The zero-order valence-corrected chi connectivity index (χ0v) is 17.9. The highest BCUT2D eigenvalue weighted by Crippen LogP contribution is 2.21. The van der Waals surface area contributed by atoms with E-state index in [1.165, 1.54) is 5.56 Å². The lowest BCUT2D eigenvalue weighted by Gasteiger charge is -2.22. The zero-order valence-electron chi connectivity index (χ0n) is 17.9. The Morgan fingerprint density at radius 3 is 2.61 bits per heavy atom. The molecule has 7 heteroatoms. The third-order valence-corrected chi connectivity index (χ3v) is 4.78. The Balaban J connectivity index is 1.61. The minimum Gasteiger partial charge on any atom is -0.466 e. The summed E-state index contributed by atoms with van der Waals surface area (Å²) in [5.74, 6) is 0.790. The Bertz CT molecular complexity index is 984. The number of nitrogens with zero attached hydrogens (tertiary/aromatic N) is 3. The average Bonchev–Trinajstić information content (AvgIpc) is 3.25. The van der Waals surface area contributed by atoms with E-state index < -0.39 is 0 Å². The quantitative estimate of drug-likeness (QED) is 0.461. The second-order valence-corrected chi connectivity index (χ2v) is 7.22. The number of aromatic nitrogens is 2. The first-order valence-corrected chi connectivity index (χ1v) is 10.4. The summed E-state index contributed by atoms with van der Waals surface area (Å²) in [6.07, 6.45) is 5.84. The fourth-order valence-corrected chi connectivity index (χ4v) is 3.11. The molecular weight excluding hydrogens is 394 g/mol. The molecule has 0 unspecified atom stereocenters. The molecule has 1 amide bonds. The van der Waals surface area contributed by atoms with Crippen molar-refractivity contribution in [3.8, 4) is 11.3 Å². The monoisotopic (exact) mass is 421 g/mol. The molecule has 0 aliphatic carbocycles. The molecule has 162 valence electrons. The molecule has 1 aromatic carbocycles. The minimum absolute atomic E-state index is 0.0803. The summed E-state index contributed by atoms with van der Waals surface area (Å²) in [7, 11) is 0. The molecule has 0 aliphatic heterocycles. The van der Waals surface area contributed by atoms with Crippen LogP contribution < -0.4 is 0 Å². The maximum absolute atomic E-state index is 12.9. The van der Waals surface area contributed by atoms with Crippen molar-refractivity contribution in [2.45, 2.75) is 39.7 Å². The van der Waals surface area contributed by atoms with E-state index in [-0.39, 0.29) is 31.3 Å². The maximum Gasteiger partial charge on any atom is 0.307 e. The molecule has 0 saturated carbocycles. The number of pyridine rings is 1. The van der Waals surface area contributed by atoms with Gasteiger partial charge in [0.05, 0.1) is 19.2 Å². The number of amides is 1. The van der Waals surface area contributed by atoms with Gasteiger partial charge in [-0.05, 0) is 25.5 Å². The SMILES string of the molecule is CCOC(=O)CCN(Cc1cccnc1)C(=O)CCc1ncc(-c2ccc(C)cc2)o1. The van der Waals surface area contributed by atoms with Crippen molar-refractivity contribution in [2.24, 2.45) is 0 Å². The van der Waals surface area contributed by atoms with E-state index in [0.29, 0.717) is 31.2 Å². The number of esters is 1. The van der Waals surface area contributed by atoms with E-state index in [0.717, 1.165) is 11.1 Å². The van der Waals surface area contributed by atoms with Crippen molar-refractivity contribution in [2.75, 3.05) is 13.2 Å². The number of rotatable bonds is 10. The van der Waals surface area contributed by atoms with Crippen molar-refractivity contribution < 1.29 is 18.7 Å². The van der Waals surface area contributed by atoms with E-state index in [4.69, 9.17) is 9.15 Å². The summed E-state index contributed by atoms with van der Waals surface area (Å²) in [6, 6.07) is 11.7. The number of ether oxygens (including phenoxy) is 1. The van der Waals surface area contributed by atoms with Gasteiger partial charge in [0.15, 0.2) is 11.7 Å². The van der Waals surface area contributed by atoms with Crippen molar-refractivity contribution in [3.05, 3.63) is 72.0 Å². The molecule has 0 radical (unpaired) electrons. The third kappa shape index (κ3) is 6.77. The van der Waals surface area contributed by atoms with Gasteiger partial charge in [-0.3, -0.25) is 14.6 Å². The lowest BCUT2D eigenvalue weighted by Crippen LogP contribution is -2.33. The second kappa shape index (κ2) is 11.1. The predicted molar refractivity (Wildman–Crippen MR) is 116 cm³/mol. The molecule has 31 heavy (non-hydrogen) atoms. The Labute approximate surface area is 182 Å². The van der Waals surface area contributed by atoms with Crippen LogP contribution in [0.5, 0.6) is 0 Å². The van der Waals surface area contributed by atoms with Gasteiger partial charge in [-0.15, -0.1) is 0 Å². The molecule has 0 N–H and O–H groups in total. The summed E-state index contributed by atoms with van der Waals surface area (Å²) in [4.78, 5) is 34.7. The Hall–Kier alpha value is -3.48. The molecule has 0 aliphatic rings. The van der Waals surface area contributed by atoms with Gasteiger partial charge in [0.2, 0.25) is 5.91 Å². The van der Waals surface area contributed by atoms with E-state index in [2.05, 4.69) is 9.97 Å². The first-order valence-electron chi connectivity index (χ1n) is 10.4. The topological polar surface area (TPSA) is 85.5 Å². The number of hydrogen-bond donors (Lipinski definition) is 0. The molecule has 2 heterocycles. The van der Waals surface area contributed by atoms with E-state index in [1.54, 1.807) is 30.4 Å². The van der Waals surface area contributed by atoms with Crippen LogP contribution >= 0.6 is 0 Å². The fraction of sp³-hybridized carbons (Fsp3) is 0.333. The Morgan fingerprint density at radius 2 is 1.90 bits per heavy atom.